The van der Waals surface area contributed by atoms with Gasteiger partial charge in [-0.05, 0) is 40.4 Å². The molecule has 1 aliphatic carbocycles. The van der Waals surface area contributed by atoms with Crippen LogP contribution in [0.2, 0.25) is 0 Å². The van der Waals surface area contributed by atoms with Crippen molar-refractivity contribution >= 4 is 21.7 Å². The summed E-state index contributed by atoms with van der Waals surface area (Å²) in [5.41, 5.74) is 4.84. The van der Waals surface area contributed by atoms with Crippen LogP contribution in [-0.2, 0) is 5.41 Å². The maximum Gasteiger partial charge on any atom is 0.0998 e. The highest BCUT2D eigenvalue weighted by Gasteiger charge is 2.52. The second kappa shape index (κ2) is 5.05. The molecule has 2 aromatic carbocycles. The molecule has 1 aromatic heterocycles. The fraction of sp³-hybridized carbons (Fsp3) is 0.391. The summed E-state index contributed by atoms with van der Waals surface area (Å²) in [5.74, 6) is 0.524. The van der Waals surface area contributed by atoms with Gasteiger partial charge in [-0.3, -0.25) is 4.98 Å². The molecule has 0 unspecified atom stereocenters. The Hall–Kier alpha value is -2.40. The number of hydrogen-bond acceptors (Lipinski definition) is 2. The summed E-state index contributed by atoms with van der Waals surface area (Å²) in [6, 6.07) is 12.5. The highest BCUT2D eigenvalue weighted by Crippen LogP contribution is 2.60. The first-order valence-electron chi connectivity index (χ1n) is 9.09. The van der Waals surface area contributed by atoms with Crippen LogP contribution in [-0.4, -0.2) is 4.98 Å². The topological polar surface area (TPSA) is 36.7 Å². The van der Waals surface area contributed by atoms with Gasteiger partial charge in [0.05, 0.1) is 17.1 Å². The fourth-order valence-corrected chi connectivity index (χ4v) is 4.97. The molecule has 3 aromatic rings. The van der Waals surface area contributed by atoms with Crippen molar-refractivity contribution in [3.05, 3.63) is 53.2 Å². The minimum Gasteiger partial charge on any atom is -0.255 e. The number of hydrogen-bond donors (Lipinski definition) is 0. The molecule has 2 nitrogen and oxygen atoms in total. The quantitative estimate of drug-likeness (QED) is 0.508. The molecule has 1 atom stereocenters. The van der Waals surface area contributed by atoms with E-state index in [1.807, 2.05) is 12.1 Å². The van der Waals surface area contributed by atoms with E-state index < -0.39 is 0 Å². The van der Waals surface area contributed by atoms with E-state index in [9.17, 15) is 5.26 Å². The van der Waals surface area contributed by atoms with Gasteiger partial charge in [0.2, 0.25) is 0 Å². The summed E-state index contributed by atoms with van der Waals surface area (Å²) < 4.78 is 0. The van der Waals surface area contributed by atoms with Gasteiger partial charge >= 0.3 is 0 Å². The molecule has 0 amide bonds. The van der Waals surface area contributed by atoms with Gasteiger partial charge in [0, 0.05) is 22.4 Å². The largest absolute Gasteiger partial charge is 0.255 e. The maximum absolute atomic E-state index is 9.41. The van der Waals surface area contributed by atoms with Crippen molar-refractivity contribution in [3.63, 3.8) is 0 Å². The molecule has 0 N–H and O–H groups in total. The minimum absolute atomic E-state index is 0.0741. The number of rotatable bonds is 1. The van der Waals surface area contributed by atoms with Gasteiger partial charge in [-0.25, -0.2) is 0 Å². The summed E-state index contributed by atoms with van der Waals surface area (Å²) in [6.07, 6.45) is 3.23. The molecular formula is C23H24N2. The summed E-state index contributed by atoms with van der Waals surface area (Å²) in [6.45, 7) is 11.8. The zero-order valence-electron chi connectivity index (χ0n) is 15.6. The van der Waals surface area contributed by atoms with E-state index in [1.54, 1.807) is 0 Å². The van der Waals surface area contributed by atoms with Gasteiger partial charge < -0.3 is 0 Å². The standard InChI is InChI=1S/C23H24N2/c1-6-19-18-13-25-21-16-9-7-8-14(12-24)15(16)10-11-17(21)20(18)23(4,5)22(19,2)3/h7-11,13,19H,6H2,1-5H3/t19-/m0/s1. The van der Waals surface area contributed by atoms with E-state index in [0.717, 1.165) is 22.7 Å². The lowest BCUT2D eigenvalue weighted by atomic mass is 9.64. The molecule has 25 heavy (non-hydrogen) atoms. The first-order valence-corrected chi connectivity index (χ1v) is 9.09. The van der Waals surface area contributed by atoms with Gasteiger partial charge in [0.15, 0.2) is 0 Å². The van der Waals surface area contributed by atoms with E-state index in [-0.39, 0.29) is 10.8 Å². The Kier molecular flexibility index (Phi) is 3.25. The van der Waals surface area contributed by atoms with Gasteiger partial charge in [0.1, 0.15) is 0 Å². The van der Waals surface area contributed by atoms with Crippen LogP contribution in [0.25, 0.3) is 21.7 Å². The maximum atomic E-state index is 9.41. The van der Waals surface area contributed by atoms with Crippen LogP contribution in [0, 0.1) is 16.7 Å². The molecule has 0 fully saturated rings. The lowest BCUT2D eigenvalue weighted by Gasteiger charge is -2.39. The number of pyridine rings is 1. The number of fused-ring (bicyclic) bond motifs is 5. The molecule has 0 saturated heterocycles. The normalized spacial score (nSPS) is 20.6. The number of aromatic nitrogens is 1. The van der Waals surface area contributed by atoms with Crippen molar-refractivity contribution in [1.82, 2.24) is 4.98 Å². The lowest BCUT2D eigenvalue weighted by molar-refractivity contribution is 0.179. The average Bonchev–Trinajstić information content (AvgIpc) is 2.75. The van der Waals surface area contributed by atoms with Crippen LogP contribution < -0.4 is 0 Å². The van der Waals surface area contributed by atoms with E-state index in [0.29, 0.717) is 11.5 Å². The van der Waals surface area contributed by atoms with Gasteiger partial charge in [-0.1, -0.05) is 58.9 Å². The zero-order chi connectivity index (χ0) is 18.0. The monoisotopic (exact) mass is 328 g/mol. The average molecular weight is 328 g/mol. The van der Waals surface area contributed by atoms with E-state index in [2.05, 4.69) is 65.1 Å². The molecule has 0 spiro atoms. The van der Waals surface area contributed by atoms with Crippen molar-refractivity contribution in [2.45, 2.75) is 52.4 Å². The molecule has 0 bridgehead atoms. The third kappa shape index (κ3) is 1.87. The highest BCUT2D eigenvalue weighted by atomic mass is 14.7. The van der Waals surface area contributed by atoms with Crippen LogP contribution in [0.1, 0.15) is 63.6 Å². The van der Waals surface area contributed by atoms with Crippen molar-refractivity contribution in [3.8, 4) is 6.07 Å². The van der Waals surface area contributed by atoms with Crippen LogP contribution in [0.15, 0.2) is 36.5 Å². The zero-order valence-corrected chi connectivity index (χ0v) is 15.6. The minimum atomic E-state index is 0.0741. The summed E-state index contributed by atoms with van der Waals surface area (Å²) >= 11 is 0. The lowest BCUT2D eigenvalue weighted by Crippen LogP contribution is -2.34. The van der Waals surface area contributed by atoms with Gasteiger partial charge in [-0.2, -0.15) is 5.26 Å². The summed E-state index contributed by atoms with van der Waals surface area (Å²) in [4.78, 5) is 4.88. The molecule has 1 heterocycles. The third-order valence-corrected chi connectivity index (χ3v) is 6.93. The first kappa shape index (κ1) is 16.1. The molecule has 4 rings (SSSR count). The number of nitriles is 1. The van der Waals surface area contributed by atoms with Crippen LogP contribution in [0.3, 0.4) is 0 Å². The van der Waals surface area contributed by atoms with Crippen LogP contribution in [0.5, 0.6) is 0 Å². The highest BCUT2D eigenvalue weighted by molar-refractivity contribution is 6.08. The van der Waals surface area contributed by atoms with Crippen molar-refractivity contribution in [2.75, 3.05) is 0 Å². The molecule has 0 saturated carbocycles. The second-order valence-corrected chi connectivity index (χ2v) is 8.37. The third-order valence-electron chi connectivity index (χ3n) is 6.93. The van der Waals surface area contributed by atoms with Crippen molar-refractivity contribution in [2.24, 2.45) is 5.41 Å². The summed E-state index contributed by atoms with van der Waals surface area (Å²) in [7, 11) is 0. The van der Waals surface area contributed by atoms with Gasteiger partial charge in [-0.15, -0.1) is 0 Å². The Bertz CT molecular complexity index is 1050. The number of nitrogens with zero attached hydrogens (tertiary/aromatic N) is 2. The predicted octanol–water partition coefficient (Wildman–Crippen LogP) is 6.07. The molecular weight excluding hydrogens is 304 g/mol. The fourth-order valence-electron chi connectivity index (χ4n) is 4.97. The van der Waals surface area contributed by atoms with Crippen molar-refractivity contribution in [1.29, 1.82) is 5.26 Å². The Morgan fingerprint density at radius 2 is 1.76 bits per heavy atom. The van der Waals surface area contributed by atoms with E-state index in [4.69, 9.17) is 4.98 Å². The SMILES string of the molecule is CC[C@H]1c2cnc3c(ccc4c(C#N)cccc43)c2C(C)(C)C1(C)C. The number of benzene rings is 2. The molecule has 126 valence electrons. The Labute approximate surface area is 149 Å². The van der Waals surface area contributed by atoms with Crippen LogP contribution in [0.4, 0.5) is 0 Å². The smallest absolute Gasteiger partial charge is 0.0998 e. The molecule has 1 aliphatic rings. The van der Waals surface area contributed by atoms with E-state index >= 15 is 0 Å². The second-order valence-electron chi connectivity index (χ2n) is 8.37. The first-order chi connectivity index (χ1) is 11.8. The van der Waals surface area contributed by atoms with Crippen molar-refractivity contribution < 1.29 is 0 Å². The Morgan fingerprint density at radius 3 is 2.44 bits per heavy atom. The van der Waals surface area contributed by atoms with Crippen LogP contribution >= 0.6 is 0 Å². The summed E-state index contributed by atoms with van der Waals surface area (Å²) in [5, 5.41) is 12.7. The van der Waals surface area contributed by atoms with E-state index in [1.165, 1.54) is 16.5 Å². The molecule has 2 heteroatoms. The Morgan fingerprint density at radius 1 is 1.04 bits per heavy atom. The predicted molar refractivity (Wildman–Crippen MR) is 104 cm³/mol. The van der Waals surface area contributed by atoms with Gasteiger partial charge in [0.25, 0.3) is 0 Å². The molecule has 0 aliphatic heterocycles. The Balaban J connectivity index is 2.15. The molecule has 0 radical (unpaired) electrons.